The Bertz CT molecular complexity index is 1050. The molecule has 1 N–H and O–H groups in total. The number of hydrogen-bond donors (Lipinski definition) is 1. The molecular weight excluding hydrogens is 390 g/mol. The molecule has 0 fully saturated rings. The highest BCUT2D eigenvalue weighted by Gasteiger charge is 2.42. The normalized spacial score (nSPS) is 13.3. The van der Waals surface area contributed by atoms with Crippen LogP contribution >= 0.6 is 11.6 Å². The van der Waals surface area contributed by atoms with Crippen LogP contribution < -0.4 is 0 Å². The molecule has 0 saturated carbocycles. The molecule has 0 spiro atoms. The first-order valence-corrected chi connectivity index (χ1v) is 9.43. The lowest BCUT2D eigenvalue weighted by Gasteiger charge is -2.34. The summed E-state index contributed by atoms with van der Waals surface area (Å²) in [5.74, 6) is -1.17. The highest BCUT2D eigenvalue weighted by Crippen LogP contribution is 2.48. The zero-order chi connectivity index (χ0) is 20.5. The molecule has 0 bridgehead atoms. The van der Waals surface area contributed by atoms with Gasteiger partial charge in [0, 0.05) is 5.02 Å². The van der Waals surface area contributed by atoms with Gasteiger partial charge in [-0.3, -0.25) is 4.90 Å². The van der Waals surface area contributed by atoms with Crippen LogP contribution in [0.15, 0.2) is 72.8 Å². The van der Waals surface area contributed by atoms with E-state index in [2.05, 4.69) is 0 Å². The van der Waals surface area contributed by atoms with Crippen molar-refractivity contribution in [2.45, 2.75) is 12.1 Å². The number of benzene rings is 3. The number of ether oxygens (including phenoxy) is 1. The minimum absolute atomic E-state index is 0.394. The van der Waals surface area contributed by atoms with Gasteiger partial charge in [0.15, 0.2) is 6.04 Å². The van der Waals surface area contributed by atoms with Crippen LogP contribution in [0.4, 0.5) is 4.79 Å². The molecule has 3 aromatic carbocycles. The highest BCUT2D eigenvalue weighted by atomic mass is 35.5. The van der Waals surface area contributed by atoms with Crippen LogP contribution in [0, 0.1) is 0 Å². The highest BCUT2D eigenvalue weighted by molar-refractivity contribution is 6.30. The molecule has 29 heavy (non-hydrogen) atoms. The van der Waals surface area contributed by atoms with Crippen molar-refractivity contribution in [3.63, 3.8) is 0 Å². The fourth-order valence-electron chi connectivity index (χ4n) is 3.99. The summed E-state index contributed by atoms with van der Waals surface area (Å²) >= 11 is 6.11. The Balaban J connectivity index is 1.94. The number of rotatable bonds is 4. The van der Waals surface area contributed by atoms with E-state index < -0.39 is 24.1 Å². The van der Waals surface area contributed by atoms with E-state index in [1.54, 1.807) is 24.3 Å². The number of carboxylic acids is 1. The zero-order valence-electron chi connectivity index (χ0n) is 15.6. The number of halogens is 1. The summed E-state index contributed by atoms with van der Waals surface area (Å²) in [6, 6.07) is 20.0. The number of nitrogens with zero attached hydrogens (tertiary/aromatic N) is 1. The number of carboxylic acid groups (broad SMARTS) is 1. The first-order chi connectivity index (χ1) is 14.0. The van der Waals surface area contributed by atoms with Crippen LogP contribution in [-0.4, -0.2) is 29.2 Å². The molecule has 146 valence electrons. The van der Waals surface area contributed by atoms with E-state index in [1.165, 1.54) is 12.0 Å². The minimum Gasteiger partial charge on any atom is -0.479 e. The maximum atomic E-state index is 12.9. The number of methoxy groups -OCH3 is 1. The Hall–Kier alpha value is -3.31. The molecule has 3 aromatic rings. The smallest absolute Gasteiger partial charge is 0.411 e. The number of hydrogen-bond acceptors (Lipinski definition) is 3. The molecule has 0 saturated heterocycles. The van der Waals surface area contributed by atoms with Gasteiger partial charge >= 0.3 is 12.1 Å². The van der Waals surface area contributed by atoms with Crippen molar-refractivity contribution in [1.29, 1.82) is 0 Å². The fourth-order valence-corrected chi connectivity index (χ4v) is 4.19. The quantitative estimate of drug-likeness (QED) is 0.636. The second kappa shape index (κ2) is 7.60. The number of carbonyl (C=O) groups excluding carboxylic acids is 1. The predicted molar refractivity (Wildman–Crippen MR) is 110 cm³/mol. The summed E-state index contributed by atoms with van der Waals surface area (Å²) in [5, 5.41) is 10.5. The molecule has 1 amide bonds. The van der Waals surface area contributed by atoms with Gasteiger partial charge in [0.05, 0.1) is 13.2 Å². The van der Waals surface area contributed by atoms with E-state index in [1.807, 2.05) is 48.5 Å². The van der Waals surface area contributed by atoms with Gasteiger partial charge in [-0.1, -0.05) is 72.3 Å². The molecule has 1 unspecified atom stereocenters. The van der Waals surface area contributed by atoms with E-state index in [9.17, 15) is 14.7 Å². The lowest BCUT2D eigenvalue weighted by molar-refractivity contribution is -0.143. The van der Waals surface area contributed by atoms with Crippen molar-refractivity contribution in [3.8, 4) is 11.1 Å². The standard InChI is InChI=1S/C23H18ClNO4/c1-29-23(28)25(20(22(26)27)14-7-6-8-15(24)13-14)21-18-11-4-2-9-16(18)17-10-3-5-12-19(17)21/h2-13,20-21H,1H3,(H,26,27). The summed E-state index contributed by atoms with van der Waals surface area (Å²) in [7, 11) is 1.25. The minimum atomic E-state index is -1.27. The molecule has 4 rings (SSSR count). The Kier molecular flexibility index (Phi) is 4.99. The van der Waals surface area contributed by atoms with Gasteiger partial charge in [-0.05, 0) is 39.9 Å². The van der Waals surface area contributed by atoms with E-state index in [0.29, 0.717) is 10.6 Å². The molecule has 0 aliphatic heterocycles. The summed E-state index contributed by atoms with van der Waals surface area (Å²) in [5.41, 5.74) is 4.05. The lowest BCUT2D eigenvalue weighted by Crippen LogP contribution is -2.41. The van der Waals surface area contributed by atoms with Gasteiger partial charge in [-0.25, -0.2) is 9.59 Å². The van der Waals surface area contributed by atoms with Gasteiger partial charge in [0.1, 0.15) is 0 Å². The van der Waals surface area contributed by atoms with Crippen molar-refractivity contribution in [3.05, 3.63) is 94.5 Å². The zero-order valence-corrected chi connectivity index (χ0v) is 16.3. The van der Waals surface area contributed by atoms with Crippen LogP contribution in [0.25, 0.3) is 11.1 Å². The third kappa shape index (κ3) is 3.23. The van der Waals surface area contributed by atoms with Gasteiger partial charge in [-0.2, -0.15) is 0 Å². The van der Waals surface area contributed by atoms with E-state index in [4.69, 9.17) is 16.3 Å². The Labute approximate surface area is 173 Å². The van der Waals surface area contributed by atoms with Gasteiger partial charge in [0.2, 0.25) is 0 Å². The van der Waals surface area contributed by atoms with Crippen molar-refractivity contribution in [1.82, 2.24) is 4.90 Å². The first kappa shape index (κ1) is 19.0. The third-order valence-corrected chi connectivity index (χ3v) is 5.38. The Morgan fingerprint density at radius 1 is 0.966 bits per heavy atom. The summed E-state index contributed by atoms with van der Waals surface area (Å²) < 4.78 is 5.03. The van der Waals surface area contributed by atoms with Gasteiger partial charge in [0.25, 0.3) is 0 Å². The van der Waals surface area contributed by atoms with Crippen molar-refractivity contribution in [2.24, 2.45) is 0 Å². The number of fused-ring (bicyclic) bond motifs is 3. The maximum Gasteiger partial charge on any atom is 0.411 e. The van der Waals surface area contributed by atoms with E-state index in [-0.39, 0.29) is 0 Å². The van der Waals surface area contributed by atoms with Crippen LogP contribution in [0.5, 0.6) is 0 Å². The van der Waals surface area contributed by atoms with Crippen LogP contribution in [0.1, 0.15) is 28.8 Å². The van der Waals surface area contributed by atoms with Gasteiger partial charge < -0.3 is 9.84 Å². The van der Waals surface area contributed by atoms with Crippen molar-refractivity contribution in [2.75, 3.05) is 7.11 Å². The second-order valence-corrected chi connectivity index (χ2v) is 7.19. The molecule has 1 aliphatic rings. The molecule has 0 aromatic heterocycles. The van der Waals surface area contributed by atoms with Crippen LogP contribution in [0.3, 0.4) is 0 Å². The number of carbonyl (C=O) groups is 2. The summed E-state index contributed by atoms with van der Waals surface area (Å²) in [4.78, 5) is 26.6. The molecular formula is C23H18ClNO4. The Morgan fingerprint density at radius 2 is 1.55 bits per heavy atom. The predicted octanol–water partition coefficient (Wildman–Crippen LogP) is 5.30. The average molecular weight is 408 g/mol. The monoisotopic (exact) mass is 407 g/mol. The molecule has 1 atom stereocenters. The van der Waals surface area contributed by atoms with Crippen molar-refractivity contribution >= 4 is 23.7 Å². The molecule has 1 aliphatic carbocycles. The topological polar surface area (TPSA) is 66.8 Å². The molecule has 0 radical (unpaired) electrons. The molecule has 5 nitrogen and oxygen atoms in total. The summed E-state index contributed by atoms with van der Waals surface area (Å²) in [6.07, 6.45) is -0.728. The lowest BCUT2D eigenvalue weighted by atomic mass is 9.98. The van der Waals surface area contributed by atoms with Crippen molar-refractivity contribution < 1.29 is 19.4 Å². The summed E-state index contributed by atoms with van der Waals surface area (Å²) in [6.45, 7) is 0. The molecule has 6 heteroatoms. The fraction of sp³-hybridized carbons (Fsp3) is 0.130. The average Bonchev–Trinajstić information content (AvgIpc) is 3.05. The van der Waals surface area contributed by atoms with Crippen LogP contribution in [-0.2, 0) is 9.53 Å². The van der Waals surface area contributed by atoms with E-state index >= 15 is 0 Å². The van der Waals surface area contributed by atoms with Gasteiger partial charge in [-0.15, -0.1) is 0 Å². The Morgan fingerprint density at radius 3 is 2.07 bits per heavy atom. The van der Waals surface area contributed by atoms with E-state index in [0.717, 1.165) is 22.3 Å². The first-order valence-electron chi connectivity index (χ1n) is 9.05. The SMILES string of the molecule is COC(=O)N(C(C(=O)O)c1cccc(Cl)c1)C1c2ccccc2-c2ccccc21. The largest absolute Gasteiger partial charge is 0.479 e. The molecule has 0 heterocycles. The second-order valence-electron chi connectivity index (χ2n) is 6.75. The third-order valence-electron chi connectivity index (χ3n) is 5.14. The number of aliphatic carboxylic acids is 1. The van der Waals surface area contributed by atoms with Crippen LogP contribution in [0.2, 0.25) is 5.02 Å². The number of amides is 1. The maximum absolute atomic E-state index is 12.9.